The molecule has 0 aromatic heterocycles. The summed E-state index contributed by atoms with van der Waals surface area (Å²) >= 11 is 0. The molecule has 1 unspecified atom stereocenters. The molecule has 0 heteroatoms. The van der Waals surface area contributed by atoms with Gasteiger partial charge in [-0.2, -0.15) is 0 Å². The van der Waals surface area contributed by atoms with Gasteiger partial charge >= 0.3 is 0 Å². The van der Waals surface area contributed by atoms with Crippen LogP contribution in [0, 0.1) is 5.92 Å². The van der Waals surface area contributed by atoms with Crippen LogP contribution in [-0.2, 0) is 0 Å². The quantitative estimate of drug-likeness (QED) is 0.541. The lowest BCUT2D eigenvalue weighted by Gasteiger charge is -2.13. The Balaban J connectivity index is 2.78. The Morgan fingerprint density at radius 2 is 2.33 bits per heavy atom. The third-order valence-corrected chi connectivity index (χ3v) is 2.13. The van der Waals surface area contributed by atoms with Gasteiger partial charge in [0.25, 0.3) is 0 Å². The van der Waals surface area contributed by atoms with Crippen LogP contribution in [0.3, 0.4) is 0 Å². The molecule has 1 aliphatic carbocycles. The topological polar surface area (TPSA) is 0 Å². The van der Waals surface area contributed by atoms with Gasteiger partial charge in [-0.1, -0.05) is 43.9 Å². The minimum absolute atomic E-state index is 0.679. The molecule has 1 aliphatic rings. The van der Waals surface area contributed by atoms with E-state index in [1.807, 2.05) is 12.2 Å². The largest absolute Gasteiger partial charge is 0.0991 e. The highest BCUT2D eigenvalue weighted by molar-refractivity contribution is 5.41. The zero-order valence-corrected chi connectivity index (χ0v) is 7.88. The molecule has 12 heavy (non-hydrogen) atoms. The normalized spacial score (nSPS) is 23.7. The van der Waals surface area contributed by atoms with E-state index in [9.17, 15) is 0 Å². The predicted octanol–water partition coefficient (Wildman–Crippen LogP) is 3.64. The first-order valence-electron chi connectivity index (χ1n) is 4.42. The summed E-state index contributed by atoms with van der Waals surface area (Å²) < 4.78 is 0. The Hall–Kier alpha value is -1.04. The lowest BCUT2D eigenvalue weighted by Crippen LogP contribution is -1.97. The first-order valence-corrected chi connectivity index (χ1v) is 4.42. The second-order valence-electron chi connectivity index (χ2n) is 3.32. The van der Waals surface area contributed by atoms with E-state index in [0.29, 0.717) is 5.92 Å². The summed E-state index contributed by atoms with van der Waals surface area (Å²) in [5.74, 6) is 0.679. The van der Waals surface area contributed by atoms with Crippen molar-refractivity contribution in [3.63, 3.8) is 0 Å². The molecule has 64 valence electrons. The van der Waals surface area contributed by atoms with Crippen LogP contribution in [0.5, 0.6) is 0 Å². The summed E-state index contributed by atoms with van der Waals surface area (Å²) in [6, 6.07) is 0. The zero-order valence-electron chi connectivity index (χ0n) is 7.88. The summed E-state index contributed by atoms with van der Waals surface area (Å²) in [6.07, 6.45) is 11.7. The van der Waals surface area contributed by atoms with Crippen molar-refractivity contribution in [2.45, 2.75) is 20.3 Å². The second-order valence-corrected chi connectivity index (χ2v) is 3.32. The van der Waals surface area contributed by atoms with Gasteiger partial charge in [-0.15, -0.1) is 0 Å². The molecule has 0 N–H and O–H groups in total. The van der Waals surface area contributed by atoms with Gasteiger partial charge in [0.2, 0.25) is 0 Å². The smallest absolute Gasteiger partial charge is 0.0218 e. The van der Waals surface area contributed by atoms with Gasteiger partial charge in [-0.05, 0) is 30.4 Å². The van der Waals surface area contributed by atoms with Gasteiger partial charge in [0.1, 0.15) is 0 Å². The van der Waals surface area contributed by atoms with Crippen LogP contribution < -0.4 is 0 Å². The Morgan fingerprint density at radius 1 is 1.58 bits per heavy atom. The fraction of sp³-hybridized carbons (Fsp3) is 0.333. The molecule has 0 aromatic rings. The van der Waals surface area contributed by atoms with E-state index in [-0.39, 0.29) is 0 Å². The molecule has 0 nitrogen and oxygen atoms in total. The molecule has 1 atom stereocenters. The van der Waals surface area contributed by atoms with Crippen molar-refractivity contribution in [2.75, 3.05) is 0 Å². The van der Waals surface area contributed by atoms with Crippen LogP contribution in [0.15, 0.2) is 48.1 Å². The predicted molar refractivity (Wildman–Crippen MR) is 55.0 cm³/mol. The Labute approximate surface area is 75.0 Å². The van der Waals surface area contributed by atoms with Crippen LogP contribution >= 0.6 is 0 Å². The minimum Gasteiger partial charge on any atom is -0.0991 e. The molecule has 0 bridgehead atoms. The van der Waals surface area contributed by atoms with Gasteiger partial charge in [0.15, 0.2) is 0 Å². The third kappa shape index (κ3) is 2.23. The lowest BCUT2D eigenvalue weighted by molar-refractivity contribution is 0.725. The van der Waals surface area contributed by atoms with Crippen molar-refractivity contribution < 1.29 is 0 Å². The first-order chi connectivity index (χ1) is 5.74. The van der Waals surface area contributed by atoms with E-state index in [1.54, 1.807) is 0 Å². The third-order valence-electron chi connectivity index (χ3n) is 2.13. The molecule has 0 aliphatic heterocycles. The van der Waals surface area contributed by atoms with Crippen molar-refractivity contribution in [2.24, 2.45) is 5.92 Å². The van der Waals surface area contributed by atoms with Gasteiger partial charge in [-0.25, -0.2) is 0 Å². The monoisotopic (exact) mass is 160 g/mol. The fourth-order valence-corrected chi connectivity index (χ4v) is 1.35. The number of hydrogen-bond donors (Lipinski definition) is 0. The molecule has 1 rings (SSSR count). The molecule has 0 saturated carbocycles. The van der Waals surface area contributed by atoms with E-state index < -0.39 is 0 Å². The summed E-state index contributed by atoms with van der Waals surface area (Å²) in [7, 11) is 0. The number of allylic oxidation sites excluding steroid dienone is 7. The van der Waals surface area contributed by atoms with E-state index >= 15 is 0 Å². The highest BCUT2D eigenvalue weighted by Crippen LogP contribution is 2.22. The van der Waals surface area contributed by atoms with Crippen LogP contribution in [0.2, 0.25) is 0 Å². The number of rotatable bonds is 2. The summed E-state index contributed by atoms with van der Waals surface area (Å²) in [5.41, 5.74) is 2.72. The zero-order chi connectivity index (χ0) is 8.97. The molecule has 0 radical (unpaired) electrons. The van der Waals surface area contributed by atoms with Gasteiger partial charge in [0.05, 0.1) is 0 Å². The van der Waals surface area contributed by atoms with Crippen LogP contribution in [0.25, 0.3) is 0 Å². The standard InChI is InChI=1S/C12H16/c1-4-5-6-12-9-10(2)7-8-11(12)3/h4-6,8-10H,1,7H2,2-3H3/b6-5-. The highest BCUT2D eigenvalue weighted by atomic mass is 14.1. The molecule has 0 amide bonds. The van der Waals surface area contributed by atoms with Crippen molar-refractivity contribution in [3.8, 4) is 0 Å². The average Bonchev–Trinajstić information content (AvgIpc) is 2.07. The number of hydrogen-bond acceptors (Lipinski definition) is 0. The van der Waals surface area contributed by atoms with Crippen molar-refractivity contribution >= 4 is 0 Å². The van der Waals surface area contributed by atoms with Crippen LogP contribution in [-0.4, -0.2) is 0 Å². The maximum Gasteiger partial charge on any atom is -0.0218 e. The van der Waals surface area contributed by atoms with Crippen molar-refractivity contribution in [1.82, 2.24) is 0 Å². The van der Waals surface area contributed by atoms with E-state index in [1.165, 1.54) is 17.6 Å². The lowest BCUT2D eigenvalue weighted by atomic mass is 9.92. The first kappa shape index (κ1) is 9.05. The maximum absolute atomic E-state index is 3.66. The molecule has 0 spiro atoms. The molecule has 0 heterocycles. The fourth-order valence-electron chi connectivity index (χ4n) is 1.35. The molecule has 0 fully saturated rings. The Kier molecular flexibility index (Phi) is 3.09. The SMILES string of the molecule is C=C/C=C\C1=CC(C)CC=C1C. The van der Waals surface area contributed by atoms with Crippen molar-refractivity contribution in [3.05, 3.63) is 48.1 Å². The maximum atomic E-state index is 3.66. The van der Waals surface area contributed by atoms with E-state index in [4.69, 9.17) is 0 Å². The van der Waals surface area contributed by atoms with Crippen molar-refractivity contribution in [1.29, 1.82) is 0 Å². The van der Waals surface area contributed by atoms with E-state index in [2.05, 4.69) is 38.7 Å². The summed E-state index contributed by atoms with van der Waals surface area (Å²) in [4.78, 5) is 0. The molecular formula is C12H16. The Bertz CT molecular complexity index is 251. The van der Waals surface area contributed by atoms with Crippen LogP contribution in [0.4, 0.5) is 0 Å². The molecule has 0 aromatic carbocycles. The molecule has 0 saturated heterocycles. The van der Waals surface area contributed by atoms with E-state index in [0.717, 1.165) is 0 Å². The van der Waals surface area contributed by atoms with Gasteiger partial charge < -0.3 is 0 Å². The van der Waals surface area contributed by atoms with Gasteiger partial charge in [-0.3, -0.25) is 0 Å². The summed E-state index contributed by atoms with van der Waals surface area (Å²) in [6.45, 7) is 8.05. The summed E-state index contributed by atoms with van der Waals surface area (Å²) in [5, 5.41) is 0. The second kappa shape index (κ2) is 4.10. The Morgan fingerprint density at radius 3 is 3.00 bits per heavy atom. The van der Waals surface area contributed by atoms with Gasteiger partial charge in [0, 0.05) is 0 Å². The minimum atomic E-state index is 0.679. The highest BCUT2D eigenvalue weighted by Gasteiger charge is 2.05. The average molecular weight is 160 g/mol. The molecular weight excluding hydrogens is 144 g/mol. The van der Waals surface area contributed by atoms with Crippen LogP contribution in [0.1, 0.15) is 20.3 Å².